The van der Waals surface area contributed by atoms with E-state index in [-0.39, 0.29) is 0 Å². The molecule has 5 nitrogen and oxygen atoms in total. The molecule has 1 heterocycles. The summed E-state index contributed by atoms with van der Waals surface area (Å²) in [5.74, 6) is 1.81. The first-order chi connectivity index (χ1) is 9.50. The highest BCUT2D eigenvalue weighted by molar-refractivity contribution is 5.28. The van der Waals surface area contributed by atoms with Crippen molar-refractivity contribution in [2.75, 3.05) is 14.2 Å². The summed E-state index contributed by atoms with van der Waals surface area (Å²) in [6.45, 7) is 4.40. The van der Waals surface area contributed by atoms with Gasteiger partial charge in [-0.05, 0) is 37.5 Å². The molecular formula is C15H24N2O3. The summed E-state index contributed by atoms with van der Waals surface area (Å²) >= 11 is 0. The van der Waals surface area contributed by atoms with Gasteiger partial charge in [-0.15, -0.1) is 0 Å². The first-order valence-corrected chi connectivity index (χ1v) is 7.18. The molecule has 0 saturated heterocycles. The fourth-order valence-electron chi connectivity index (χ4n) is 3.00. The molecule has 0 spiro atoms. The normalized spacial score (nSPS) is 26.6. The molecule has 0 aliphatic heterocycles. The summed E-state index contributed by atoms with van der Waals surface area (Å²) in [5, 5.41) is 11.0. The largest absolute Gasteiger partial charge is 0.480 e. The molecule has 2 rings (SSSR count). The zero-order chi connectivity index (χ0) is 14.8. The third-order valence-corrected chi connectivity index (χ3v) is 4.27. The number of ether oxygens (including phenoxy) is 2. The summed E-state index contributed by atoms with van der Waals surface area (Å²) in [4.78, 5) is 8.58. The van der Waals surface area contributed by atoms with Gasteiger partial charge in [0.15, 0.2) is 0 Å². The van der Waals surface area contributed by atoms with E-state index in [1.54, 1.807) is 7.11 Å². The molecule has 1 aromatic heterocycles. The number of hydrogen-bond donors (Lipinski definition) is 1. The van der Waals surface area contributed by atoms with Crippen molar-refractivity contribution in [1.82, 2.24) is 9.97 Å². The van der Waals surface area contributed by atoms with E-state index < -0.39 is 5.60 Å². The van der Waals surface area contributed by atoms with Crippen molar-refractivity contribution in [2.24, 2.45) is 11.8 Å². The lowest BCUT2D eigenvalue weighted by Crippen LogP contribution is -2.35. The molecule has 1 aromatic rings. The first kappa shape index (κ1) is 15.0. The fourth-order valence-corrected chi connectivity index (χ4v) is 3.00. The van der Waals surface area contributed by atoms with Crippen molar-refractivity contribution in [3.63, 3.8) is 0 Å². The van der Waals surface area contributed by atoms with Crippen LogP contribution in [0, 0.1) is 11.8 Å². The predicted octanol–water partition coefficient (Wildman–Crippen LogP) is 2.53. The molecule has 1 saturated carbocycles. The molecule has 0 radical (unpaired) electrons. The van der Waals surface area contributed by atoms with Crippen LogP contribution >= 0.6 is 0 Å². The molecule has 20 heavy (non-hydrogen) atoms. The topological polar surface area (TPSA) is 64.5 Å². The van der Waals surface area contributed by atoms with E-state index in [4.69, 9.17) is 9.47 Å². The quantitative estimate of drug-likeness (QED) is 0.918. The van der Waals surface area contributed by atoms with Crippen molar-refractivity contribution in [3.8, 4) is 11.8 Å². The minimum atomic E-state index is -0.947. The van der Waals surface area contributed by atoms with Crippen LogP contribution in [-0.4, -0.2) is 29.3 Å². The van der Waals surface area contributed by atoms with E-state index >= 15 is 0 Å². The Hall–Kier alpha value is -1.36. The van der Waals surface area contributed by atoms with E-state index in [9.17, 15) is 5.11 Å². The maximum absolute atomic E-state index is 11.0. The Morgan fingerprint density at radius 3 is 2.70 bits per heavy atom. The van der Waals surface area contributed by atoms with Crippen molar-refractivity contribution >= 4 is 0 Å². The lowest BCUT2D eigenvalue weighted by Gasteiger charge is -2.38. The lowest BCUT2D eigenvalue weighted by atomic mass is 9.72. The molecule has 1 aliphatic rings. The highest BCUT2D eigenvalue weighted by atomic mass is 16.5. The Morgan fingerprint density at radius 2 is 2.10 bits per heavy atom. The average Bonchev–Trinajstić information content (AvgIpc) is 2.46. The number of hydrogen-bond acceptors (Lipinski definition) is 5. The zero-order valence-electron chi connectivity index (χ0n) is 12.7. The summed E-state index contributed by atoms with van der Waals surface area (Å²) in [6, 6.07) is 0. The van der Waals surface area contributed by atoms with Gasteiger partial charge >= 0.3 is 0 Å². The second kappa shape index (κ2) is 5.95. The van der Waals surface area contributed by atoms with Gasteiger partial charge in [-0.1, -0.05) is 13.8 Å². The van der Waals surface area contributed by atoms with Crippen molar-refractivity contribution in [3.05, 3.63) is 11.9 Å². The highest BCUT2D eigenvalue weighted by Gasteiger charge is 2.40. The summed E-state index contributed by atoms with van der Waals surface area (Å²) in [7, 11) is 3.08. The second-order valence-corrected chi connectivity index (χ2v) is 5.90. The first-order valence-electron chi connectivity index (χ1n) is 7.18. The van der Waals surface area contributed by atoms with Crippen LogP contribution in [0.5, 0.6) is 11.8 Å². The standard InChI is InChI=1S/C15H24N2O3/c1-10(2)11-6-5-7-15(18,8-11)13-14(20-4)17-12(19-3)9-16-13/h9-11,18H,5-8H2,1-4H3. The van der Waals surface area contributed by atoms with E-state index in [1.807, 2.05) is 0 Å². The molecule has 0 amide bonds. The number of methoxy groups -OCH3 is 2. The Labute approximate surface area is 120 Å². The van der Waals surface area contributed by atoms with Gasteiger partial charge in [0.05, 0.1) is 20.4 Å². The van der Waals surface area contributed by atoms with Gasteiger partial charge in [-0.2, -0.15) is 4.98 Å². The number of aromatic nitrogens is 2. The van der Waals surface area contributed by atoms with Gasteiger partial charge in [0, 0.05) is 0 Å². The van der Waals surface area contributed by atoms with Crippen LogP contribution in [-0.2, 0) is 5.60 Å². The van der Waals surface area contributed by atoms with Crippen molar-refractivity contribution in [2.45, 2.75) is 45.1 Å². The van der Waals surface area contributed by atoms with Crippen LogP contribution in [0.3, 0.4) is 0 Å². The van der Waals surface area contributed by atoms with E-state index in [0.29, 0.717) is 42.1 Å². The highest BCUT2D eigenvalue weighted by Crippen LogP contribution is 2.44. The molecule has 1 aliphatic carbocycles. The zero-order valence-corrected chi connectivity index (χ0v) is 12.7. The van der Waals surface area contributed by atoms with Crippen LogP contribution in [0.2, 0.25) is 0 Å². The number of nitrogens with zero attached hydrogens (tertiary/aromatic N) is 2. The molecule has 0 aromatic carbocycles. The number of rotatable bonds is 4. The summed E-state index contributed by atoms with van der Waals surface area (Å²) in [5.41, 5.74) is -0.413. The van der Waals surface area contributed by atoms with Crippen LogP contribution < -0.4 is 9.47 Å². The Morgan fingerprint density at radius 1 is 1.35 bits per heavy atom. The Kier molecular flexibility index (Phi) is 4.48. The third kappa shape index (κ3) is 2.87. The fraction of sp³-hybridized carbons (Fsp3) is 0.733. The summed E-state index contributed by atoms with van der Waals surface area (Å²) < 4.78 is 10.3. The lowest BCUT2D eigenvalue weighted by molar-refractivity contribution is -0.0352. The number of aliphatic hydroxyl groups is 1. The van der Waals surface area contributed by atoms with Crippen LogP contribution in [0.1, 0.15) is 45.2 Å². The van der Waals surface area contributed by atoms with Crippen LogP contribution in [0.4, 0.5) is 0 Å². The van der Waals surface area contributed by atoms with Gasteiger partial charge in [0.1, 0.15) is 11.3 Å². The van der Waals surface area contributed by atoms with E-state index in [1.165, 1.54) is 13.3 Å². The third-order valence-electron chi connectivity index (χ3n) is 4.27. The van der Waals surface area contributed by atoms with Gasteiger partial charge in [-0.3, -0.25) is 0 Å². The van der Waals surface area contributed by atoms with Crippen LogP contribution in [0.15, 0.2) is 6.20 Å². The Balaban J connectivity index is 2.33. The molecule has 5 heteroatoms. The van der Waals surface area contributed by atoms with Crippen molar-refractivity contribution in [1.29, 1.82) is 0 Å². The SMILES string of the molecule is COc1cnc(C2(O)CCCC(C(C)C)C2)c(OC)n1. The predicted molar refractivity (Wildman–Crippen MR) is 75.8 cm³/mol. The Bertz CT molecular complexity index is 464. The van der Waals surface area contributed by atoms with Gasteiger partial charge < -0.3 is 14.6 Å². The average molecular weight is 280 g/mol. The minimum absolute atomic E-state index is 0.358. The van der Waals surface area contributed by atoms with Gasteiger partial charge in [-0.25, -0.2) is 4.98 Å². The molecule has 1 N–H and O–H groups in total. The minimum Gasteiger partial charge on any atom is -0.480 e. The maximum Gasteiger partial charge on any atom is 0.241 e. The molecular weight excluding hydrogens is 256 g/mol. The van der Waals surface area contributed by atoms with E-state index in [0.717, 1.165) is 12.8 Å². The monoisotopic (exact) mass is 280 g/mol. The molecule has 2 atom stereocenters. The van der Waals surface area contributed by atoms with Gasteiger partial charge in [0.2, 0.25) is 11.8 Å². The molecule has 1 fully saturated rings. The van der Waals surface area contributed by atoms with Crippen molar-refractivity contribution < 1.29 is 14.6 Å². The van der Waals surface area contributed by atoms with E-state index in [2.05, 4.69) is 23.8 Å². The smallest absolute Gasteiger partial charge is 0.241 e. The molecule has 2 unspecified atom stereocenters. The summed E-state index contributed by atoms with van der Waals surface area (Å²) in [6.07, 6.45) is 5.10. The molecule has 112 valence electrons. The van der Waals surface area contributed by atoms with Crippen LogP contribution in [0.25, 0.3) is 0 Å². The van der Waals surface area contributed by atoms with Gasteiger partial charge in [0.25, 0.3) is 0 Å². The molecule has 0 bridgehead atoms. The second-order valence-electron chi connectivity index (χ2n) is 5.90. The maximum atomic E-state index is 11.0.